The third kappa shape index (κ3) is 4.70. The van der Waals surface area contributed by atoms with Crippen LogP contribution in [0, 0.1) is 10.1 Å². The maximum absolute atomic E-state index is 12.8. The lowest BCUT2D eigenvalue weighted by Crippen LogP contribution is -2.59. The summed E-state index contributed by atoms with van der Waals surface area (Å²) in [6.07, 6.45) is 7.77. The fourth-order valence-corrected chi connectivity index (χ4v) is 4.59. The molecule has 1 aromatic rings. The Labute approximate surface area is 171 Å². The highest BCUT2D eigenvalue weighted by atomic mass is 16.6. The Morgan fingerprint density at radius 1 is 1.21 bits per heavy atom. The summed E-state index contributed by atoms with van der Waals surface area (Å²) in [6, 6.07) is 5.04. The summed E-state index contributed by atoms with van der Waals surface area (Å²) < 4.78 is 5.51. The van der Waals surface area contributed by atoms with Gasteiger partial charge in [-0.25, -0.2) is 0 Å². The van der Waals surface area contributed by atoms with Gasteiger partial charge in [-0.2, -0.15) is 0 Å². The van der Waals surface area contributed by atoms with E-state index in [1.54, 1.807) is 12.1 Å². The van der Waals surface area contributed by atoms with Crippen molar-refractivity contribution in [1.29, 1.82) is 0 Å². The summed E-state index contributed by atoms with van der Waals surface area (Å²) in [7, 11) is 0. The summed E-state index contributed by atoms with van der Waals surface area (Å²) in [5.41, 5.74) is 0.763. The monoisotopic (exact) mass is 402 g/mol. The molecule has 0 spiro atoms. The van der Waals surface area contributed by atoms with Gasteiger partial charge in [0, 0.05) is 42.8 Å². The molecule has 2 aliphatic carbocycles. The third-order valence-electron chi connectivity index (χ3n) is 6.44. The van der Waals surface area contributed by atoms with Crippen molar-refractivity contribution in [3.63, 3.8) is 0 Å². The van der Waals surface area contributed by atoms with Crippen LogP contribution in [0.5, 0.6) is 0 Å². The average Bonchev–Trinajstić information content (AvgIpc) is 3.57. The Morgan fingerprint density at radius 2 is 1.93 bits per heavy atom. The van der Waals surface area contributed by atoms with Crippen molar-refractivity contribution >= 4 is 17.3 Å². The van der Waals surface area contributed by atoms with Gasteiger partial charge in [0.05, 0.1) is 18.1 Å². The number of amides is 1. The summed E-state index contributed by atoms with van der Waals surface area (Å²) in [5, 5.41) is 17.7. The molecule has 0 unspecified atom stereocenters. The molecule has 8 nitrogen and oxygen atoms in total. The molecule has 1 amide bonds. The summed E-state index contributed by atoms with van der Waals surface area (Å²) in [4.78, 5) is 26.4. The maximum Gasteiger partial charge on any atom is 0.293 e. The van der Waals surface area contributed by atoms with Gasteiger partial charge in [0.1, 0.15) is 5.69 Å². The standard InChI is InChI=1S/C21H30N4O4/c26-20(16-4-7-18(23-17-5-6-17)19(14-16)25(27)28)22-15-21(8-2-1-3-9-21)24-10-12-29-13-11-24/h4,7,14,17,23H,1-3,5-6,8-13,15H2,(H,22,26). The first-order chi connectivity index (χ1) is 14.1. The van der Waals surface area contributed by atoms with Crippen LogP contribution < -0.4 is 10.6 Å². The lowest BCUT2D eigenvalue weighted by Gasteiger charge is -2.48. The Kier molecular flexibility index (Phi) is 6.01. The van der Waals surface area contributed by atoms with E-state index in [1.807, 2.05) is 0 Å². The molecule has 0 aromatic heterocycles. The van der Waals surface area contributed by atoms with E-state index in [2.05, 4.69) is 15.5 Å². The van der Waals surface area contributed by atoms with Gasteiger partial charge in [-0.05, 0) is 37.8 Å². The van der Waals surface area contributed by atoms with E-state index in [0.29, 0.717) is 23.8 Å². The molecule has 4 rings (SSSR count). The lowest BCUT2D eigenvalue weighted by molar-refractivity contribution is -0.384. The Balaban J connectivity index is 1.46. The predicted octanol–water partition coefficient (Wildman–Crippen LogP) is 2.93. The van der Waals surface area contributed by atoms with E-state index in [9.17, 15) is 14.9 Å². The smallest absolute Gasteiger partial charge is 0.293 e. The number of nitrogens with zero attached hydrogens (tertiary/aromatic N) is 2. The fraction of sp³-hybridized carbons (Fsp3) is 0.667. The van der Waals surface area contributed by atoms with Crippen molar-refractivity contribution in [1.82, 2.24) is 10.2 Å². The Morgan fingerprint density at radius 3 is 2.59 bits per heavy atom. The van der Waals surface area contributed by atoms with Crippen LogP contribution in [0.2, 0.25) is 0 Å². The second-order valence-electron chi connectivity index (χ2n) is 8.47. The van der Waals surface area contributed by atoms with Gasteiger partial charge in [0.2, 0.25) is 0 Å². The number of rotatable bonds is 7. The van der Waals surface area contributed by atoms with Crippen molar-refractivity contribution in [2.45, 2.75) is 56.5 Å². The van der Waals surface area contributed by atoms with Crippen LogP contribution in [-0.2, 0) is 4.74 Å². The molecule has 1 saturated heterocycles. The second-order valence-corrected chi connectivity index (χ2v) is 8.47. The van der Waals surface area contributed by atoms with E-state index in [-0.39, 0.29) is 17.1 Å². The first-order valence-corrected chi connectivity index (χ1v) is 10.7. The first kappa shape index (κ1) is 20.1. The van der Waals surface area contributed by atoms with E-state index in [0.717, 1.165) is 52.0 Å². The third-order valence-corrected chi connectivity index (χ3v) is 6.44. The minimum Gasteiger partial charge on any atom is -0.379 e. The van der Waals surface area contributed by atoms with Crippen molar-refractivity contribution in [2.75, 3.05) is 38.2 Å². The number of hydrogen-bond donors (Lipinski definition) is 2. The molecule has 2 N–H and O–H groups in total. The van der Waals surface area contributed by atoms with E-state index >= 15 is 0 Å². The van der Waals surface area contributed by atoms with Gasteiger partial charge in [-0.3, -0.25) is 19.8 Å². The normalized spacial score (nSPS) is 22.1. The molecule has 1 aromatic carbocycles. The van der Waals surface area contributed by atoms with Gasteiger partial charge >= 0.3 is 0 Å². The number of nitro groups is 1. The lowest BCUT2D eigenvalue weighted by atomic mass is 9.79. The zero-order chi connectivity index (χ0) is 20.3. The van der Waals surface area contributed by atoms with Crippen molar-refractivity contribution in [3.05, 3.63) is 33.9 Å². The van der Waals surface area contributed by atoms with Crippen LogP contribution >= 0.6 is 0 Å². The summed E-state index contributed by atoms with van der Waals surface area (Å²) in [6.45, 7) is 3.82. The minimum atomic E-state index is -0.419. The molecule has 158 valence electrons. The van der Waals surface area contributed by atoms with Gasteiger partial charge in [-0.1, -0.05) is 19.3 Å². The molecule has 0 bridgehead atoms. The number of nitro benzene ring substituents is 1. The van der Waals surface area contributed by atoms with Crippen LogP contribution in [0.3, 0.4) is 0 Å². The molecule has 3 aliphatic rings. The Bertz CT molecular complexity index is 753. The van der Waals surface area contributed by atoms with Crippen LogP contribution in [-0.4, -0.2) is 60.2 Å². The van der Waals surface area contributed by atoms with Crippen LogP contribution in [0.1, 0.15) is 55.3 Å². The minimum absolute atomic E-state index is 0.0307. The van der Waals surface area contributed by atoms with E-state index < -0.39 is 4.92 Å². The average molecular weight is 402 g/mol. The number of benzene rings is 1. The number of nitrogens with one attached hydrogen (secondary N) is 2. The van der Waals surface area contributed by atoms with E-state index in [1.165, 1.54) is 25.3 Å². The van der Waals surface area contributed by atoms with Crippen molar-refractivity contribution in [2.24, 2.45) is 0 Å². The van der Waals surface area contributed by atoms with Crippen LogP contribution in [0.4, 0.5) is 11.4 Å². The molecular weight excluding hydrogens is 372 g/mol. The molecular formula is C21H30N4O4. The van der Waals surface area contributed by atoms with Gasteiger partial charge < -0.3 is 15.4 Å². The zero-order valence-corrected chi connectivity index (χ0v) is 16.8. The second kappa shape index (κ2) is 8.67. The van der Waals surface area contributed by atoms with Gasteiger partial charge in [-0.15, -0.1) is 0 Å². The number of ether oxygens (including phenoxy) is 1. The number of hydrogen-bond acceptors (Lipinski definition) is 6. The molecule has 0 atom stereocenters. The molecule has 29 heavy (non-hydrogen) atoms. The summed E-state index contributed by atoms with van der Waals surface area (Å²) in [5.74, 6) is -0.246. The van der Waals surface area contributed by atoms with Gasteiger partial charge in [0.15, 0.2) is 0 Å². The molecule has 0 radical (unpaired) electrons. The molecule has 8 heteroatoms. The first-order valence-electron chi connectivity index (χ1n) is 10.7. The predicted molar refractivity (Wildman–Crippen MR) is 110 cm³/mol. The topological polar surface area (TPSA) is 96.7 Å². The largest absolute Gasteiger partial charge is 0.379 e. The highest BCUT2D eigenvalue weighted by Crippen LogP contribution is 2.34. The van der Waals surface area contributed by atoms with Crippen LogP contribution in [0.15, 0.2) is 18.2 Å². The highest BCUT2D eigenvalue weighted by Gasteiger charge is 2.39. The molecule has 2 saturated carbocycles. The summed E-state index contributed by atoms with van der Waals surface area (Å²) >= 11 is 0. The highest BCUT2D eigenvalue weighted by molar-refractivity contribution is 5.95. The molecule has 3 fully saturated rings. The number of anilines is 1. The van der Waals surface area contributed by atoms with Crippen molar-refractivity contribution < 1.29 is 14.5 Å². The van der Waals surface area contributed by atoms with Gasteiger partial charge in [0.25, 0.3) is 11.6 Å². The molecule has 1 heterocycles. The SMILES string of the molecule is O=C(NCC1(N2CCOCC2)CCCCC1)c1ccc(NC2CC2)c([N+](=O)[O-])c1. The number of morpholine rings is 1. The number of carbonyl (C=O) groups is 1. The number of carbonyl (C=O) groups excluding carboxylic acids is 1. The fourth-order valence-electron chi connectivity index (χ4n) is 4.59. The zero-order valence-electron chi connectivity index (χ0n) is 16.8. The van der Waals surface area contributed by atoms with E-state index in [4.69, 9.17) is 4.74 Å². The van der Waals surface area contributed by atoms with Crippen molar-refractivity contribution in [3.8, 4) is 0 Å². The van der Waals surface area contributed by atoms with Crippen LogP contribution in [0.25, 0.3) is 0 Å². The quantitative estimate of drug-likeness (QED) is 0.538. The maximum atomic E-state index is 12.8. The Hall–Kier alpha value is -2.19. The molecule has 1 aliphatic heterocycles.